The Morgan fingerprint density at radius 1 is 0.889 bits per heavy atom. The summed E-state index contributed by atoms with van der Waals surface area (Å²) < 4.78 is 33.0. The van der Waals surface area contributed by atoms with Crippen molar-refractivity contribution in [2.24, 2.45) is 0 Å². The average Bonchev–Trinajstić information content (AvgIpc) is 2.59. The van der Waals surface area contributed by atoms with Crippen LogP contribution in [0.4, 0.5) is 0 Å². The summed E-state index contributed by atoms with van der Waals surface area (Å²) in [6.07, 6.45) is 15.5. The number of amides is 1. The van der Waals surface area contributed by atoms with Crippen LogP contribution >= 0.6 is 0 Å². The van der Waals surface area contributed by atoms with E-state index in [0.29, 0.717) is 12.0 Å². The van der Waals surface area contributed by atoms with Crippen molar-refractivity contribution in [3.05, 3.63) is 12.2 Å². The molecule has 7 heteroatoms. The molecule has 0 aromatic carbocycles. The van der Waals surface area contributed by atoms with Crippen LogP contribution in [0.1, 0.15) is 104 Å². The third kappa shape index (κ3) is 17.3. The quantitative estimate of drug-likeness (QED) is 0.167. The molecular weight excluding hydrogens is 389 g/mol. The second kappa shape index (κ2) is 18.8. The van der Waals surface area contributed by atoms with Crippen molar-refractivity contribution in [2.75, 3.05) is 0 Å². The van der Waals surface area contributed by atoms with E-state index in [1.165, 1.54) is 57.8 Å². The molecule has 0 aliphatic carbocycles. The molecule has 0 aromatic heterocycles. The largest absolute Gasteiger partial charge is 1.00 e. The van der Waals surface area contributed by atoms with Gasteiger partial charge in [0.1, 0.15) is 15.5 Å². The van der Waals surface area contributed by atoms with Crippen molar-refractivity contribution in [2.45, 2.75) is 109 Å². The van der Waals surface area contributed by atoms with Crippen molar-refractivity contribution < 1.29 is 69.1 Å². The number of unbranched alkanes of at least 4 members (excludes halogenated alkanes) is 11. The van der Waals surface area contributed by atoms with Crippen molar-refractivity contribution >= 4 is 16.0 Å². The van der Waals surface area contributed by atoms with Crippen LogP contribution in [0.15, 0.2) is 12.2 Å². The molecule has 1 N–H and O–H groups in total. The molecule has 0 saturated heterocycles. The predicted molar refractivity (Wildman–Crippen MR) is 107 cm³/mol. The number of rotatable bonds is 17. The van der Waals surface area contributed by atoms with Crippen LogP contribution in [-0.4, -0.2) is 24.3 Å². The zero-order valence-electron chi connectivity index (χ0n) is 17.7. The number of nitrogens with one attached hydrogen (secondary N) is 1. The smallest absolute Gasteiger partial charge is 0.746 e. The molecule has 154 valence electrons. The van der Waals surface area contributed by atoms with Gasteiger partial charge in [-0.05, 0) is 19.3 Å². The summed E-state index contributed by atoms with van der Waals surface area (Å²) in [5.74, 6) is -0.528. The van der Waals surface area contributed by atoms with Gasteiger partial charge in [0.15, 0.2) is 0 Å². The monoisotopic (exact) mass is 427 g/mol. The normalized spacial score (nSPS) is 12.3. The van der Waals surface area contributed by atoms with Crippen LogP contribution < -0.4 is 56.7 Å². The second-order valence-corrected chi connectivity index (χ2v) is 8.66. The Kier molecular flexibility index (Phi) is 20.8. The maximum Gasteiger partial charge on any atom is 1.00 e. The first-order valence-electron chi connectivity index (χ1n) is 10.3. The van der Waals surface area contributed by atoms with E-state index in [-0.39, 0.29) is 57.8 Å². The van der Waals surface area contributed by atoms with Gasteiger partial charge in [0.25, 0.3) is 0 Å². The Labute approximate surface area is 209 Å². The van der Waals surface area contributed by atoms with Gasteiger partial charge < -0.3 is 9.87 Å². The van der Waals surface area contributed by atoms with E-state index < -0.39 is 21.4 Å². The molecule has 0 radical (unpaired) electrons. The second-order valence-electron chi connectivity index (χ2n) is 7.11. The summed E-state index contributed by atoms with van der Waals surface area (Å²) >= 11 is 0. The van der Waals surface area contributed by atoms with E-state index in [4.69, 9.17) is 0 Å². The fourth-order valence-corrected chi connectivity index (χ4v) is 3.58. The van der Waals surface area contributed by atoms with Crippen molar-refractivity contribution in [3.63, 3.8) is 0 Å². The summed E-state index contributed by atoms with van der Waals surface area (Å²) in [6.45, 7) is 7.49. The first-order chi connectivity index (χ1) is 12.3. The number of hydrogen-bond acceptors (Lipinski definition) is 4. The first-order valence-corrected chi connectivity index (χ1v) is 11.7. The van der Waals surface area contributed by atoms with Crippen LogP contribution in [0.2, 0.25) is 0 Å². The summed E-state index contributed by atoms with van der Waals surface area (Å²) in [5.41, 5.74) is 0.346. The molecule has 5 nitrogen and oxygen atoms in total. The molecule has 0 aliphatic heterocycles. The molecule has 1 unspecified atom stereocenters. The van der Waals surface area contributed by atoms with E-state index in [2.05, 4.69) is 18.8 Å². The summed E-state index contributed by atoms with van der Waals surface area (Å²) in [5, 5.41) is 0.894. The van der Waals surface area contributed by atoms with Gasteiger partial charge in [-0.2, -0.15) is 0 Å². The van der Waals surface area contributed by atoms with E-state index in [1.54, 1.807) is 6.92 Å². The van der Waals surface area contributed by atoms with Crippen molar-refractivity contribution in [1.82, 2.24) is 5.32 Å². The third-order valence-corrected chi connectivity index (χ3v) is 5.81. The van der Waals surface area contributed by atoms with Gasteiger partial charge in [-0.1, -0.05) is 91.1 Å². The van der Waals surface area contributed by atoms with Crippen LogP contribution in [0.5, 0.6) is 0 Å². The topological polar surface area (TPSA) is 86.3 Å². The predicted octanol–water partition coefficient (Wildman–Crippen LogP) is 2.04. The SMILES string of the molecule is C=C(CCCCCCCCCCCCCC)C(=O)NC(CC)S(=O)(=O)[O-].[K+]. The van der Waals surface area contributed by atoms with Gasteiger partial charge in [-0.25, -0.2) is 8.42 Å². The Hall–Kier alpha value is 0.756. The fraction of sp³-hybridized carbons (Fsp3) is 0.850. The molecule has 0 rings (SSSR count). The Morgan fingerprint density at radius 3 is 1.67 bits per heavy atom. The Bertz CT molecular complexity index is 494. The van der Waals surface area contributed by atoms with E-state index in [0.717, 1.165) is 19.3 Å². The molecule has 0 spiro atoms. The molecule has 27 heavy (non-hydrogen) atoms. The standard InChI is InChI=1S/C20H39NO4S.K/c1-4-6-7-8-9-10-11-12-13-14-15-16-17-18(3)20(22)21-19(5-2)26(23,24)25;/h19H,3-17H2,1-2H3,(H,21,22)(H,23,24,25);/q;+1/p-1. The zero-order valence-corrected chi connectivity index (χ0v) is 21.7. The van der Waals surface area contributed by atoms with E-state index in [9.17, 15) is 17.8 Å². The summed E-state index contributed by atoms with van der Waals surface area (Å²) in [7, 11) is -4.51. The number of hydrogen-bond donors (Lipinski definition) is 1. The molecule has 1 amide bonds. The zero-order chi connectivity index (χ0) is 19.8. The maximum atomic E-state index is 11.9. The molecule has 0 bridgehead atoms. The number of carbonyl (C=O) groups is 1. The summed E-state index contributed by atoms with van der Waals surface area (Å²) in [6, 6.07) is 0. The molecule has 0 heterocycles. The first kappa shape index (κ1) is 30.0. The average molecular weight is 428 g/mol. The summed E-state index contributed by atoms with van der Waals surface area (Å²) in [4.78, 5) is 11.9. The maximum absolute atomic E-state index is 11.9. The van der Waals surface area contributed by atoms with Gasteiger partial charge in [-0.3, -0.25) is 4.79 Å². The van der Waals surface area contributed by atoms with Gasteiger partial charge in [0.05, 0.1) is 0 Å². The van der Waals surface area contributed by atoms with Crippen molar-refractivity contribution in [3.8, 4) is 0 Å². The minimum Gasteiger partial charge on any atom is -0.746 e. The van der Waals surface area contributed by atoms with Crippen LogP contribution in [0.3, 0.4) is 0 Å². The van der Waals surface area contributed by atoms with E-state index >= 15 is 0 Å². The molecule has 0 fully saturated rings. The van der Waals surface area contributed by atoms with Crippen LogP contribution in [0.25, 0.3) is 0 Å². The van der Waals surface area contributed by atoms with Gasteiger partial charge in [0, 0.05) is 5.57 Å². The third-order valence-electron chi connectivity index (χ3n) is 4.66. The molecule has 0 saturated carbocycles. The van der Waals surface area contributed by atoms with Crippen LogP contribution in [0, 0.1) is 0 Å². The molecule has 0 aromatic rings. The minimum atomic E-state index is -4.51. The van der Waals surface area contributed by atoms with E-state index in [1.807, 2.05) is 0 Å². The molecule has 0 aliphatic rings. The fourth-order valence-electron chi connectivity index (χ4n) is 2.92. The van der Waals surface area contributed by atoms with Gasteiger partial charge in [-0.15, -0.1) is 0 Å². The van der Waals surface area contributed by atoms with Crippen molar-refractivity contribution in [1.29, 1.82) is 0 Å². The molecular formula is C20H38KNO4S. The minimum absolute atomic E-state index is 0. The van der Waals surface area contributed by atoms with Gasteiger partial charge >= 0.3 is 51.4 Å². The number of carbonyl (C=O) groups excluding carboxylic acids is 1. The Morgan fingerprint density at radius 2 is 1.30 bits per heavy atom. The Balaban J connectivity index is 0. The van der Waals surface area contributed by atoms with Crippen LogP contribution in [-0.2, 0) is 14.9 Å². The van der Waals surface area contributed by atoms with Gasteiger partial charge in [0.2, 0.25) is 5.91 Å². The molecule has 1 atom stereocenters.